The third-order valence-corrected chi connectivity index (χ3v) is 3.62. The van der Waals surface area contributed by atoms with E-state index >= 15 is 0 Å². The highest BCUT2D eigenvalue weighted by atomic mass is 19.1. The molecule has 0 aliphatic rings. The Bertz CT molecular complexity index is 706. The van der Waals surface area contributed by atoms with Gasteiger partial charge in [0.25, 0.3) is 0 Å². The summed E-state index contributed by atoms with van der Waals surface area (Å²) in [6.07, 6.45) is 0.893. The molecule has 0 aromatic heterocycles. The normalized spacial score (nSPS) is 10.5. The quantitative estimate of drug-likeness (QED) is 0.510. The molecule has 5 nitrogen and oxygen atoms in total. The summed E-state index contributed by atoms with van der Waals surface area (Å²) in [4.78, 5) is 12.0. The number of hydrogen-bond acceptors (Lipinski definition) is 5. The van der Waals surface area contributed by atoms with Gasteiger partial charge >= 0.3 is 0 Å². The van der Waals surface area contributed by atoms with Gasteiger partial charge in [0, 0.05) is 19.0 Å². The van der Waals surface area contributed by atoms with Crippen LogP contribution < -0.4 is 14.8 Å². The molecule has 0 bridgehead atoms. The van der Waals surface area contributed by atoms with Gasteiger partial charge in [0.15, 0.2) is 17.3 Å². The summed E-state index contributed by atoms with van der Waals surface area (Å²) in [5.74, 6) is 0.291. The van der Waals surface area contributed by atoms with Gasteiger partial charge in [0.1, 0.15) is 18.2 Å². The standard InChI is InChI=1S/C19H22FNO4/c1-24-18-6-2-3-7-19(18)25-12-11-21-10-4-5-16(22)15-9-8-14(20)13-17(15)23/h2-3,6-9,13,21,23H,4-5,10-12H2,1H3. The van der Waals surface area contributed by atoms with Crippen LogP contribution in [-0.2, 0) is 0 Å². The fraction of sp³-hybridized carbons (Fsp3) is 0.316. The van der Waals surface area contributed by atoms with Crippen LogP contribution in [0.4, 0.5) is 4.39 Å². The van der Waals surface area contributed by atoms with E-state index in [1.165, 1.54) is 12.1 Å². The number of benzene rings is 2. The molecule has 2 N–H and O–H groups in total. The Balaban J connectivity index is 1.62. The average molecular weight is 347 g/mol. The van der Waals surface area contributed by atoms with Gasteiger partial charge in [0.05, 0.1) is 12.7 Å². The molecule has 0 heterocycles. The van der Waals surface area contributed by atoms with Crippen LogP contribution in [0.3, 0.4) is 0 Å². The van der Waals surface area contributed by atoms with Crippen LogP contribution in [0.25, 0.3) is 0 Å². The number of Topliss-reactive ketones (excluding diaryl/α,β-unsaturated/α-hetero) is 1. The molecular formula is C19H22FNO4. The van der Waals surface area contributed by atoms with Gasteiger partial charge in [-0.3, -0.25) is 4.79 Å². The zero-order valence-electron chi connectivity index (χ0n) is 14.1. The first kappa shape index (κ1) is 18.7. The second-order valence-electron chi connectivity index (χ2n) is 5.44. The highest BCUT2D eigenvalue weighted by Gasteiger charge is 2.11. The van der Waals surface area contributed by atoms with Crippen LogP contribution in [0.5, 0.6) is 17.2 Å². The van der Waals surface area contributed by atoms with Crippen molar-refractivity contribution in [2.75, 3.05) is 26.8 Å². The van der Waals surface area contributed by atoms with Crippen molar-refractivity contribution in [2.45, 2.75) is 12.8 Å². The maximum atomic E-state index is 12.9. The van der Waals surface area contributed by atoms with Crippen LogP contribution >= 0.6 is 0 Å². The van der Waals surface area contributed by atoms with E-state index < -0.39 is 5.82 Å². The molecule has 134 valence electrons. The Morgan fingerprint density at radius 2 is 1.92 bits per heavy atom. The SMILES string of the molecule is COc1ccccc1OCCNCCCC(=O)c1ccc(F)cc1O. The molecule has 0 spiro atoms. The number of aromatic hydroxyl groups is 1. The molecule has 25 heavy (non-hydrogen) atoms. The van der Waals surface area contributed by atoms with Crippen molar-refractivity contribution in [3.05, 3.63) is 53.8 Å². The number of para-hydroxylation sites is 2. The van der Waals surface area contributed by atoms with Crippen molar-refractivity contribution >= 4 is 5.78 Å². The lowest BCUT2D eigenvalue weighted by Gasteiger charge is -2.10. The maximum Gasteiger partial charge on any atom is 0.166 e. The Morgan fingerprint density at radius 1 is 1.16 bits per heavy atom. The monoisotopic (exact) mass is 347 g/mol. The molecule has 0 aliphatic carbocycles. The van der Waals surface area contributed by atoms with Crippen LogP contribution in [-0.4, -0.2) is 37.7 Å². The minimum absolute atomic E-state index is 0.154. The second kappa shape index (κ2) is 9.64. The Hall–Kier alpha value is -2.60. The number of nitrogens with one attached hydrogen (secondary N) is 1. The Labute approximate surface area is 146 Å². The maximum absolute atomic E-state index is 12.9. The second-order valence-corrected chi connectivity index (χ2v) is 5.44. The summed E-state index contributed by atoms with van der Waals surface area (Å²) in [6.45, 7) is 1.75. The zero-order valence-corrected chi connectivity index (χ0v) is 14.1. The molecule has 2 rings (SSSR count). The molecule has 0 amide bonds. The molecule has 2 aromatic rings. The van der Waals surface area contributed by atoms with Crippen molar-refractivity contribution < 1.29 is 23.8 Å². The van der Waals surface area contributed by atoms with Gasteiger partial charge in [-0.15, -0.1) is 0 Å². The van der Waals surface area contributed by atoms with Gasteiger partial charge < -0.3 is 19.9 Å². The lowest BCUT2D eigenvalue weighted by atomic mass is 10.1. The van der Waals surface area contributed by atoms with Crippen molar-refractivity contribution in [3.8, 4) is 17.2 Å². The largest absolute Gasteiger partial charge is 0.507 e. The highest BCUT2D eigenvalue weighted by molar-refractivity contribution is 5.98. The summed E-state index contributed by atoms with van der Waals surface area (Å²) in [5.41, 5.74) is 0.154. The fourth-order valence-corrected chi connectivity index (χ4v) is 2.35. The predicted octanol–water partition coefficient (Wildman–Crippen LogP) is 3.17. The number of phenolic OH excluding ortho intramolecular Hbond substituents is 1. The predicted molar refractivity (Wildman–Crippen MR) is 93.0 cm³/mol. The minimum Gasteiger partial charge on any atom is -0.507 e. The number of halogens is 1. The van der Waals surface area contributed by atoms with E-state index in [4.69, 9.17) is 9.47 Å². The zero-order chi connectivity index (χ0) is 18.1. The molecule has 0 aliphatic heterocycles. The Morgan fingerprint density at radius 3 is 2.64 bits per heavy atom. The molecule has 0 saturated heterocycles. The first-order valence-electron chi connectivity index (χ1n) is 8.10. The van der Waals surface area contributed by atoms with Crippen LogP contribution in [0.2, 0.25) is 0 Å². The molecular weight excluding hydrogens is 325 g/mol. The molecule has 2 aromatic carbocycles. The molecule has 0 atom stereocenters. The highest BCUT2D eigenvalue weighted by Crippen LogP contribution is 2.25. The number of ketones is 1. The molecule has 0 saturated carbocycles. The summed E-state index contributed by atoms with van der Waals surface area (Å²) < 4.78 is 23.7. The first-order valence-corrected chi connectivity index (χ1v) is 8.10. The van der Waals surface area contributed by atoms with Crippen molar-refractivity contribution in [2.24, 2.45) is 0 Å². The van der Waals surface area contributed by atoms with Crippen LogP contribution in [0.15, 0.2) is 42.5 Å². The van der Waals surface area contributed by atoms with Crippen LogP contribution in [0, 0.1) is 5.82 Å². The Kier molecular flexibility index (Phi) is 7.22. The number of methoxy groups -OCH3 is 1. The number of carbonyl (C=O) groups excluding carboxylic acids is 1. The summed E-state index contributed by atoms with van der Waals surface area (Å²) in [7, 11) is 1.59. The molecule has 6 heteroatoms. The van der Waals surface area contributed by atoms with Crippen molar-refractivity contribution in [1.82, 2.24) is 5.32 Å². The van der Waals surface area contributed by atoms with Crippen molar-refractivity contribution in [3.63, 3.8) is 0 Å². The van der Waals surface area contributed by atoms with E-state index in [2.05, 4.69) is 5.32 Å². The number of hydrogen-bond donors (Lipinski definition) is 2. The summed E-state index contributed by atoms with van der Waals surface area (Å²) in [6, 6.07) is 10.8. The van der Waals surface area contributed by atoms with Crippen LogP contribution in [0.1, 0.15) is 23.2 Å². The van der Waals surface area contributed by atoms with E-state index in [9.17, 15) is 14.3 Å². The smallest absolute Gasteiger partial charge is 0.166 e. The number of carbonyl (C=O) groups is 1. The number of phenols is 1. The van der Waals surface area contributed by atoms with E-state index in [0.717, 1.165) is 6.07 Å². The van der Waals surface area contributed by atoms with E-state index in [1.54, 1.807) is 7.11 Å². The first-order chi connectivity index (χ1) is 12.1. The third kappa shape index (κ3) is 5.76. The minimum atomic E-state index is -0.564. The van der Waals surface area contributed by atoms with Gasteiger partial charge in [-0.25, -0.2) is 4.39 Å². The lowest BCUT2D eigenvalue weighted by molar-refractivity contribution is 0.0977. The van der Waals surface area contributed by atoms with E-state index in [0.29, 0.717) is 37.6 Å². The number of ether oxygens (including phenoxy) is 2. The lowest BCUT2D eigenvalue weighted by Crippen LogP contribution is -2.22. The molecule has 0 unspecified atom stereocenters. The van der Waals surface area contributed by atoms with Gasteiger partial charge in [0.2, 0.25) is 0 Å². The van der Waals surface area contributed by atoms with Gasteiger partial charge in [-0.2, -0.15) is 0 Å². The molecule has 0 radical (unpaired) electrons. The van der Waals surface area contributed by atoms with Gasteiger partial charge in [-0.1, -0.05) is 12.1 Å². The van der Waals surface area contributed by atoms with E-state index in [1.807, 2.05) is 24.3 Å². The number of rotatable bonds is 10. The summed E-state index contributed by atoms with van der Waals surface area (Å²) >= 11 is 0. The fourth-order valence-electron chi connectivity index (χ4n) is 2.35. The third-order valence-electron chi connectivity index (χ3n) is 3.62. The summed E-state index contributed by atoms with van der Waals surface area (Å²) in [5, 5.41) is 12.8. The topological polar surface area (TPSA) is 67.8 Å². The van der Waals surface area contributed by atoms with E-state index in [-0.39, 0.29) is 23.5 Å². The van der Waals surface area contributed by atoms with Crippen molar-refractivity contribution in [1.29, 1.82) is 0 Å². The average Bonchev–Trinajstić information content (AvgIpc) is 2.61. The van der Waals surface area contributed by atoms with Gasteiger partial charge in [-0.05, 0) is 37.2 Å². The molecule has 0 fully saturated rings.